The van der Waals surface area contributed by atoms with Gasteiger partial charge in [-0.2, -0.15) is 0 Å². The van der Waals surface area contributed by atoms with Crippen LogP contribution < -0.4 is 20.7 Å². The maximum absolute atomic E-state index is 13.2. The SMILES string of the molecule is CCNC(=NCc1ccc(C)cc1OC)NCCNC(=O)Cc1cccc(F)c1. The highest BCUT2D eigenvalue weighted by Gasteiger charge is 2.05. The Morgan fingerprint density at radius 1 is 1.10 bits per heavy atom. The van der Waals surface area contributed by atoms with Crippen molar-refractivity contribution < 1.29 is 13.9 Å². The first-order valence-electron chi connectivity index (χ1n) is 9.68. The van der Waals surface area contributed by atoms with Crippen LogP contribution in [0, 0.1) is 12.7 Å². The Labute approximate surface area is 171 Å². The minimum atomic E-state index is -0.339. The van der Waals surface area contributed by atoms with Gasteiger partial charge in [0, 0.05) is 25.2 Å². The molecule has 29 heavy (non-hydrogen) atoms. The normalized spacial score (nSPS) is 11.1. The van der Waals surface area contributed by atoms with Gasteiger partial charge in [0.05, 0.1) is 20.1 Å². The van der Waals surface area contributed by atoms with Crippen molar-refractivity contribution in [2.24, 2.45) is 4.99 Å². The first-order chi connectivity index (χ1) is 14.0. The van der Waals surface area contributed by atoms with Crippen molar-refractivity contribution in [1.82, 2.24) is 16.0 Å². The van der Waals surface area contributed by atoms with Crippen molar-refractivity contribution in [2.45, 2.75) is 26.8 Å². The number of carbonyl (C=O) groups excluding carboxylic acids is 1. The number of guanidine groups is 1. The van der Waals surface area contributed by atoms with E-state index >= 15 is 0 Å². The predicted molar refractivity (Wildman–Crippen MR) is 114 cm³/mol. The Balaban J connectivity index is 1.81. The molecule has 0 saturated heterocycles. The van der Waals surface area contributed by atoms with E-state index in [1.807, 2.05) is 32.0 Å². The summed E-state index contributed by atoms with van der Waals surface area (Å²) in [6.07, 6.45) is 0.152. The zero-order valence-corrected chi connectivity index (χ0v) is 17.2. The third kappa shape index (κ3) is 7.81. The maximum atomic E-state index is 13.2. The molecule has 0 aliphatic rings. The fourth-order valence-electron chi connectivity index (χ4n) is 2.77. The van der Waals surface area contributed by atoms with Gasteiger partial charge in [0.2, 0.25) is 5.91 Å². The summed E-state index contributed by atoms with van der Waals surface area (Å²) in [7, 11) is 1.65. The summed E-state index contributed by atoms with van der Waals surface area (Å²) in [5.74, 6) is 0.987. The zero-order valence-electron chi connectivity index (χ0n) is 17.2. The number of hydrogen-bond acceptors (Lipinski definition) is 3. The lowest BCUT2D eigenvalue weighted by Crippen LogP contribution is -2.41. The molecule has 0 heterocycles. The van der Waals surface area contributed by atoms with Gasteiger partial charge in [0.15, 0.2) is 5.96 Å². The second kappa shape index (κ2) is 11.7. The van der Waals surface area contributed by atoms with E-state index in [1.54, 1.807) is 19.2 Å². The van der Waals surface area contributed by atoms with Gasteiger partial charge in [-0.25, -0.2) is 9.38 Å². The van der Waals surface area contributed by atoms with Crippen LogP contribution >= 0.6 is 0 Å². The highest BCUT2D eigenvalue weighted by molar-refractivity contribution is 5.80. The molecule has 0 aromatic heterocycles. The second-order valence-electron chi connectivity index (χ2n) is 6.59. The number of methoxy groups -OCH3 is 1. The summed E-state index contributed by atoms with van der Waals surface area (Å²) >= 11 is 0. The lowest BCUT2D eigenvalue weighted by Gasteiger charge is -2.13. The average Bonchev–Trinajstić information content (AvgIpc) is 2.69. The van der Waals surface area contributed by atoms with E-state index in [-0.39, 0.29) is 18.1 Å². The molecule has 7 heteroatoms. The van der Waals surface area contributed by atoms with Crippen molar-refractivity contribution in [2.75, 3.05) is 26.7 Å². The molecule has 156 valence electrons. The van der Waals surface area contributed by atoms with Crippen LogP contribution in [0.3, 0.4) is 0 Å². The van der Waals surface area contributed by atoms with Gasteiger partial charge in [-0.15, -0.1) is 0 Å². The number of hydrogen-bond donors (Lipinski definition) is 3. The summed E-state index contributed by atoms with van der Waals surface area (Å²) in [5, 5.41) is 9.19. The predicted octanol–water partition coefficient (Wildman–Crippen LogP) is 2.56. The fourth-order valence-corrected chi connectivity index (χ4v) is 2.77. The Bertz CT molecular complexity index is 839. The number of halogens is 1. The van der Waals surface area contributed by atoms with Gasteiger partial charge in [-0.1, -0.05) is 24.3 Å². The summed E-state index contributed by atoms with van der Waals surface area (Å²) < 4.78 is 18.6. The van der Waals surface area contributed by atoms with Gasteiger partial charge in [-0.3, -0.25) is 4.79 Å². The highest BCUT2D eigenvalue weighted by Crippen LogP contribution is 2.20. The monoisotopic (exact) mass is 400 g/mol. The molecular weight excluding hydrogens is 371 g/mol. The molecule has 0 atom stereocenters. The number of carbonyl (C=O) groups is 1. The molecule has 0 spiro atoms. The van der Waals surface area contributed by atoms with Gasteiger partial charge in [0.25, 0.3) is 0 Å². The van der Waals surface area contributed by atoms with Gasteiger partial charge >= 0.3 is 0 Å². The molecule has 3 N–H and O–H groups in total. The minimum absolute atomic E-state index is 0.149. The largest absolute Gasteiger partial charge is 0.496 e. The van der Waals surface area contributed by atoms with Crippen molar-refractivity contribution in [3.05, 3.63) is 65.0 Å². The molecular formula is C22H29FN4O2. The molecule has 2 aromatic carbocycles. The zero-order chi connectivity index (χ0) is 21.1. The van der Waals surface area contributed by atoms with E-state index in [0.29, 0.717) is 31.2 Å². The first-order valence-corrected chi connectivity index (χ1v) is 9.68. The number of benzene rings is 2. The molecule has 0 aliphatic heterocycles. The Kier molecular flexibility index (Phi) is 8.95. The van der Waals surface area contributed by atoms with Crippen LogP contribution in [0.5, 0.6) is 5.75 Å². The molecule has 1 amide bonds. The summed E-state index contributed by atoms with van der Waals surface area (Å²) in [5.41, 5.74) is 2.78. The van der Waals surface area contributed by atoms with Crippen LogP contribution in [0.15, 0.2) is 47.5 Å². The van der Waals surface area contributed by atoms with Crippen LogP contribution in [0.25, 0.3) is 0 Å². The van der Waals surface area contributed by atoms with Gasteiger partial charge in [-0.05, 0) is 43.2 Å². The average molecular weight is 400 g/mol. The molecule has 2 aromatic rings. The van der Waals surface area contributed by atoms with E-state index in [1.165, 1.54) is 12.1 Å². The van der Waals surface area contributed by atoms with Crippen molar-refractivity contribution in [3.63, 3.8) is 0 Å². The minimum Gasteiger partial charge on any atom is -0.496 e. The van der Waals surface area contributed by atoms with Crippen molar-refractivity contribution in [3.8, 4) is 5.75 Å². The quantitative estimate of drug-likeness (QED) is 0.344. The topological polar surface area (TPSA) is 74.8 Å². The van der Waals surface area contributed by atoms with Crippen molar-refractivity contribution >= 4 is 11.9 Å². The molecule has 6 nitrogen and oxygen atoms in total. The highest BCUT2D eigenvalue weighted by atomic mass is 19.1. The van der Waals surface area contributed by atoms with E-state index in [9.17, 15) is 9.18 Å². The number of nitrogens with one attached hydrogen (secondary N) is 3. The van der Waals surface area contributed by atoms with E-state index in [4.69, 9.17) is 4.74 Å². The van der Waals surface area contributed by atoms with Crippen molar-refractivity contribution in [1.29, 1.82) is 0 Å². The molecule has 2 rings (SSSR count). The molecule has 0 radical (unpaired) electrons. The number of rotatable bonds is 9. The third-order valence-electron chi connectivity index (χ3n) is 4.19. The first kappa shape index (κ1) is 22.2. The van der Waals surface area contributed by atoms with E-state index < -0.39 is 0 Å². The standard InChI is InChI=1S/C22H29FN4O2/c1-4-24-22(27-15-18-9-8-16(2)12-20(18)29-3)26-11-10-25-21(28)14-17-6-5-7-19(23)13-17/h5-9,12-13H,4,10-11,14-15H2,1-3H3,(H,25,28)(H2,24,26,27). The Morgan fingerprint density at radius 2 is 1.90 bits per heavy atom. The third-order valence-corrected chi connectivity index (χ3v) is 4.19. The molecule has 0 unspecified atom stereocenters. The van der Waals surface area contributed by atoms with Crippen LogP contribution in [-0.4, -0.2) is 38.6 Å². The van der Waals surface area contributed by atoms with Gasteiger partial charge in [0.1, 0.15) is 11.6 Å². The van der Waals surface area contributed by atoms with Crippen LogP contribution in [0.1, 0.15) is 23.6 Å². The Morgan fingerprint density at radius 3 is 2.62 bits per heavy atom. The smallest absolute Gasteiger partial charge is 0.224 e. The summed E-state index contributed by atoms with van der Waals surface area (Å²) in [6.45, 7) is 6.17. The van der Waals surface area contributed by atoms with E-state index in [2.05, 4.69) is 20.9 Å². The number of aliphatic imine (C=N–C) groups is 1. The van der Waals surface area contributed by atoms with Crippen LogP contribution in [0.2, 0.25) is 0 Å². The second-order valence-corrected chi connectivity index (χ2v) is 6.59. The number of aryl methyl sites for hydroxylation is 1. The van der Waals surface area contributed by atoms with Crippen LogP contribution in [0.4, 0.5) is 4.39 Å². The molecule has 0 fully saturated rings. The molecule has 0 aliphatic carbocycles. The number of ether oxygens (including phenoxy) is 1. The lowest BCUT2D eigenvalue weighted by molar-refractivity contribution is -0.120. The van der Waals surface area contributed by atoms with Gasteiger partial charge < -0.3 is 20.7 Å². The number of amides is 1. The number of nitrogens with zero attached hydrogens (tertiary/aromatic N) is 1. The fraction of sp³-hybridized carbons (Fsp3) is 0.364. The van der Waals surface area contributed by atoms with E-state index in [0.717, 1.165) is 23.4 Å². The Hall–Kier alpha value is -3.09. The summed E-state index contributed by atoms with van der Waals surface area (Å²) in [4.78, 5) is 16.6. The van der Waals surface area contributed by atoms with Crippen LogP contribution in [-0.2, 0) is 17.8 Å². The molecule has 0 bridgehead atoms. The maximum Gasteiger partial charge on any atom is 0.224 e. The summed E-state index contributed by atoms with van der Waals surface area (Å²) in [6, 6.07) is 12.1. The lowest BCUT2D eigenvalue weighted by atomic mass is 10.1. The molecule has 0 saturated carbocycles.